The lowest BCUT2D eigenvalue weighted by Gasteiger charge is -2.35. The zero-order valence-corrected chi connectivity index (χ0v) is 18.8. The van der Waals surface area contributed by atoms with E-state index in [0.29, 0.717) is 23.5 Å². The number of halogens is 1. The van der Waals surface area contributed by atoms with Crippen molar-refractivity contribution in [2.45, 2.75) is 51.6 Å². The van der Waals surface area contributed by atoms with Crippen LogP contribution in [0.5, 0.6) is 0 Å². The molecule has 0 aromatic heterocycles. The van der Waals surface area contributed by atoms with E-state index in [1.165, 1.54) is 6.07 Å². The topological polar surface area (TPSA) is 77.5 Å². The highest BCUT2D eigenvalue weighted by Crippen LogP contribution is 2.27. The third-order valence-corrected chi connectivity index (χ3v) is 6.36. The van der Waals surface area contributed by atoms with E-state index >= 15 is 0 Å². The van der Waals surface area contributed by atoms with Gasteiger partial charge < -0.3 is 15.5 Å². The van der Waals surface area contributed by atoms with Gasteiger partial charge >= 0.3 is 0 Å². The molecule has 3 aliphatic rings. The molecule has 1 amide bonds. The molecule has 4 rings (SSSR count). The van der Waals surface area contributed by atoms with Gasteiger partial charge in [-0.2, -0.15) is 5.10 Å². The van der Waals surface area contributed by atoms with E-state index in [9.17, 15) is 9.18 Å². The van der Waals surface area contributed by atoms with Crippen LogP contribution in [0, 0.1) is 12.7 Å². The summed E-state index contributed by atoms with van der Waals surface area (Å²) in [6, 6.07) is 4.56. The van der Waals surface area contributed by atoms with Crippen LogP contribution in [-0.2, 0) is 0 Å². The maximum Gasteiger partial charge on any atom is 0.254 e. The number of hydrogen-bond donors (Lipinski definition) is 1. The number of hydrazone groups is 1. The van der Waals surface area contributed by atoms with Crippen LogP contribution in [-0.4, -0.2) is 65.0 Å². The Hall–Kier alpha value is -3.00. The lowest BCUT2D eigenvalue weighted by atomic mass is 9.99. The van der Waals surface area contributed by atoms with Crippen molar-refractivity contribution >= 4 is 18.5 Å². The molecule has 8 heteroatoms. The summed E-state index contributed by atoms with van der Waals surface area (Å²) in [6.45, 7) is 9.66. The summed E-state index contributed by atoms with van der Waals surface area (Å²) in [5.41, 5.74) is 8.08. The van der Waals surface area contributed by atoms with E-state index in [4.69, 9.17) is 10.7 Å². The molecule has 1 unspecified atom stereocenters. The Labute approximate surface area is 188 Å². The van der Waals surface area contributed by atoms with Crippen molar-refractivity contribution in [1.29, 1.82) is 0 Å². The molecule has 0 bridgehead atoms. The number of likely N-dealkylation sites (tertiary alicyclic amines) is 2. The van der Waals surface area contributed by atoms with Crippen LogP contribution < -0.4 is 5.73 Å². The first-order valence-corrected chi connectivity index (χ1v) is 11.2. The fourth-order valence-corrected chi connectivity index (χ4v) is 4.58. The van der Waals surface area contributed by atoms with Crippen LogP contribution in [0.4, 0.5) is 4.39 Å². The predicted octanol–water partition coefficient (Wildman–Crippen LogP) is 3.24. The molecule has 0 spiro atoms. The summed E-state index contributed by atoms with van der Waals surface area (Å²) in [4.78, 5) is 22.2. The first-order valence-electron chi connectivity index (χ1n) is 11.2. The molecule has 32 heavy (non-hydrogen) atoms. The minimum absolute atomic E-state index is 0.0926. The standard InChI is InChI=1S/C24H31FN6O/c1-16-12-18(7-8-21(16)25)24(32)30-10-5-4-6-20(30)13-22-28-23(17(2)14-31(22)27-3)29-11-9-19(26)15-29/h7-8,12-14,19-20H,3-6,9-11,15,26H2,1-2H3/b22-13-/t19-,20?/m0/s1. The number of carbonyl (C=O) groups is 1. The minimum Gasteiger partial charge on any atom is -0.355 e. The molecule has 170 valence electrons. The minimum atomic E-state index is -0.306. The summed E-state index contributed by atoms with van der Waals surface area (Å²) in [5.74, 6) is 1.15. The predicted molar refractivity (Wildman–Crippen MR) is 125 cm³/mol. The number of carbonyl (C=O) groups excluding carboxylic acids is 1. The summed E-state index contributed by atoms with van der Waals surface area (Å²) >= 11 is 0. The second kappa shape index (κ2) is 9.24. The molecule has 0 saturated carbocycles. The number of benzene rings is 1. The van der Waals surface area contributed by atoms with Gasteiger partial charge in [-0.15, -0.1) is 0 Å². The first-order chi connectivity index (χ1) is 15.4. The largest absolute Gasteiger partial charge is 0.355 e. The number of nitrogens with two attached hydrogens (primary N) is 1. The van der Waals surface area contributed by atoms with Crippen LogP contribution >= 0.6 is 0 Å². The fraction of sp³-hybridized carbons (Fsp3) is 0.458. The average Bonchev–Trinajstić information content (AvgIpc) is 3.22. The van der Waals surface area contributed by atoms with Gasteiger partial charge in [0, 0.05) is 49.7 Å². The summed E-state index contributed by atoms with van der Waals surface area (Å²) in [5, 5.41) is 5.77. The number of aliphatic imine (C=N–C) groups is 1. The molecule has 2 saturated heterocycles. The zero-order chi connectivity index (χ0) is 22.8. The van der Waals surface area contributed by atoms with E-state index in [-0.39, 0.29) is 23.8 Å². The molecule has 0 aliphatic carbocycles. The van der Waals surface area contributed by atoms with E-state index in [2.05, 4.69) is 16.7 Å². The second-order valence-electron chi connectivity index (χ2n) is 8.78. The molecule has 1 aromatic carbocycles. The molecular weight excluding hydrogens is 407 g/mol. The molecule has 2 N–H and O–H groups in total. The summed E-state index contributed by atoms with van der Waals surface area (Å²) < 4.78 is 13.7. The molecule has 3 aliphatic heterocycles. The van der Waals surface area contributed by atoms with Crippen molar-refractivity contribution < 1.29 is 9.18 Å². The lowest BCUT2D eigenvalue weighted by molar-refractivity contribution is 0.0662. The van der Waals surface area contributed by atoms with E-state index in [0.717, 1.165) is 50.2 Å². The SMILES string of the molecule is C=NN1C=C(C)C(N2CC[C@H](N)C2)=N/C1=C/C1CCCCN1C(=O)c1ccc(F)c(C)c1. The van der Waals surface area contributed by atoms with Gasteiger partial charge in [-0.3, -0.25) is 4.79 Å². The van der Waals surface area contributed by atoms with Crippen molar-refractivity contribution in [2.24, 2.45) is 15.8 Å². The van der Waals surface area contributed by atoms with Crippen LogP contribution in [0.15, 0.2) is 52.0 Å². The van der Waals surface area contributed by atoms with Crippen molar-refractivity contribution in [3.05, 3.63) is 58.8 Å². The van der Waals surface area contributed by atoms with Crippen LogP contribution in [0.1, 0.15) is 48.5 Å². The Bertz CT molecular complexity index is 1000. The van der Waals surface area contributed by atoms with Gasteiger partial charge in [-0.05, 0) is 69.4 Å². The monoisotopic (exact) mass is 438 g/mol. The molecule has 3 heterocycles. The molecule has 2 fully saturated rings. The summed E-state index contributed by atoms with van der Waals surface area (Å²) in [7, 11) is 0. The van der Waals surface area contributed by atoms with Gasteiger partial charge in [0.25, 0.3) is 5.91 Å². The first kappa shape index (κ1) is 22.2. The van der Waals surface area contributed by atoms with Gasteiger partial charge in [-0.25, -0.2) is 14.4 Å². The lowest BCUT2D eigenvalue weighted by Crippen LogP contribution is -2.43. The Morgan fingerprint density at radius 1 is 1.28 bits per heavy atom. The second-order valence-corrected chi connectivity index (χ2v) is 8.78. The Kier molecular flexibility index (Phi) is 6.41. The number of amides is 1. The maximum atomic E-state index is 13.7. The van der Waals surface area contributed by atoms with E-state index in [1.54, 1.807) is 24.1 Å². The van der Waals surface area contributed by atoms with Crippen molar-refractivity contribution in [3.63, 3.8) is 0 Å². The quantitative estimate of drug-likeness (QED) is 0.735. The van der Waals surface area contributed by atoms with Gasteiger partial charge in [0.1, 0.15) is 11.7 Å². The average molecular weight is 439 g/mol. The fourth-order valence-electron chi connectivity index (χ4n) is 4.58. The highest BCUT2D eigenvalue weighted by atomic mass is 19.1. The molecule has 0 radical (unpaired) electrons. The van der Waals surface area contributed by atoms with Gasteiger partial charge in [-0.1, -0.05) is 0 Å². The molecule has 7 nitrogen and oxygen atoms in total. The van der Waals surface area contributed by atoms with Crippen LogP contribution in [0.25, 0.3) is 0 Å². The number of piperidine rings is 1. The number of amidine groups is 1. The normalized spacial score (nSPS) is 25.1. The third kappa shape index (κ3) is 4.46. The van der Waals surface area contributed by atoms with Crippen molar-refractivity contribution in [1.82, 2.24) is 14.8 Å². The number of hydrogen-bond acceptors (Lipinski definition) is 6. The highest BCUT2D eigenvalue weighted by molar-refractivity contribution is 5.99. The van der Waals surface area contributed by atoms with E-state index in [1.807, 2.05) is 24.1 Å². The smallest absolute Gasteiger partial charge is 0.254 e. The summed E-state index contributed by atoms with van der Waals surface area (Å²) in [6.07, 6.45) is 7.66. The molecular formula is C24H31FN6O. The molecule has 2 atom stereocenters. The van der Waals surface area contributed by atoms with Crippen LogP contribution in [0.2, 0.25) is 0 Å². The number of rotatable bonds is 3. The van der Waals surface area contributed by atoms with Gasteiger partial charge in [0.05, 0.1) is 6.04 Å². The number of aryl methyl sites for hydroxylation is 1. The van der Waals surface area contributed by atoms with Crippen molar-refractivity contribution in [2.75, 3.05) is 19.6 Å². The van der Waals surface area contributed by atoms with Gasteiger partial charge in [0.15, 0.2) is 5.82 Å². The Balaban J connectivity index is 1.64. The highest BCUT2D eigenvalue weighted by Gasteiger charge is 2.30. The molecule has 1 aromatic rings. The maximum absolute atomic E-state index is 13.7. The van der Waals surface area contributed by atoms with Gasteiger partial charge in [0.2, 0.25) is 0 Å². The Morgan fingerprint density at radius 2 is 2.09 bits per heavy atom. The van der Waals surface area contributed by atoms with E-state index < -0.39 is 0 Å². The van der Waals surface area contributed by atoms with Crippen LogP contribution in [0.3, 0.4) is 0 Å². The van der Waals surface area contributed by atoms with Crippen molar-refractivity contribution in [3.8, 4) is 0 Å². The number of nitrogens with zero attached hydrogens (tertiary/aromatic N) is 5. The Morgan fingerprint density at radius 3 is 2.78 bits per heavy atom. The third-order valence-electron chi connectivity index (χ3n) is 6.36. The zero-order valence-electron chi connectivity index (χ0n) is 18.8.